The van der Waals surface area contributed by atoms with Gasteiger partial charge in [-0.1, -0.05) is 65.2 Å². The van der Waals surface area contributed by atoms with E-state index in [0.29, 0.717) is 0 Å². The van der Waals surface area contributed by atoms with Gasteiger partial charge in [0.05, 0.1) is 0 Å². The summed E-state index contributed by atoms with van der Waals surface area (Å²) >= 11 is 0. The molecule has 1 saturated heterocycles. The highest BCUT2D eigenvalue weighted by Gasteiger charge is 2.37. The maximum atomic E-state index is 2.84. The highest BCUT2D eigenvalue weighted by Crippen LogP contribution is 2.36. The Labute approximate surface area is 162 Å². The monoisotopic (exact) mass is 355 g/mol. The van der Waals surface area contributed by atoms with E-state index in [-0.39, 0.29) is 0 Å². The van der Waals surface area contributed by atoms with Crippen LogP contribution in [0.15, 0.2) is 18.2 Å². The van der Waals surface area contributed by atoms with E-state index in [1.54, 1.807) is 16.7 Å². The minimum atomic E-state index is 0.854. The van der Waals surface area contributed by atoms with E-state index in [0.717, 1.165) is 23.8 Å². The van der Waals surface area contributed by atoms with Crippen molar-refractivity contribution in [1.82, 2.24) is 4.90 Å². The number of hydrogen-bond acceptors (Lipinski definition) is 1. The second kappa shape index (κ2) is 9.40. The summed E-state index contributed by atoms with van der Waals surface area (Å²) in [5, 5.41) is 0. The molecule has 0 aromatic heterocycles. The van der Waals surface area contributed by atoms with E-state index in [2.05, 4.69) is 50.8 Å². The van der Waals surface area contributed by atoms with Crippen LogP contribution in [0.3, 0.4) is 0 Å². The molecule has 2 aliphatic rings. The Kier molecular flexibility index (Phi) is 7.20. The molecule has 2 atom stereocenters. The number of likely N-dealkylation sites (tertiary alicyclic amines) is 1. The predicted octanol–water partition coefficient (Wildman–Crippen LogP) is 6.28. The average molecular weight is 356 g/mol. The van der Waals surface area contributed by atoms with Gasteiger partial charge >= 0.3 is 0 Å². The van der Waals surface area contributed by atoms with Crippen molar-refractivity contribution in [3.63, 3.8) is 0 Å². The molecular formula is C25H41N. The molecule has 0 radical (unpaired) electrons. The molecule has 146 valence electrons. The first-order valence-electron chi connectivity index (χ1n) is 11.4. The van der Waals surface area contributed by atoms with Crippen LogP contribution >= 0.6 is 0 Å². The van der Waals surface area contributed by atoms with Gasteiger partial charge in [0, 0.05) is 19.1 Å². The summed E-state index contributed by atoms with van der Waals surface area (Å²) in [4.78, 5) is 2.84. The quantitative estimate of drug-likeness (QED) is 0.530. The van der Waals surface area contributed by atoms with Crippen molar-refractivity contribution >= 4 is 0 Å². The minimum Gasteiger partial charge on any atom is -0.299 e. The second-order valence-electron chi connectivity index (χ2n) is 9.47. The smallest absolute Gasteiger partial charge is 0.0127 e. The SMILES string of the molecule is CCCc1ccc(CC2CCCCC2N2CC(CC(C)C)C2)cc1CC. The second-order valence-corrected chi connectivity index (χ2v) is 9.47. The lowest BCUT2D eigenvalue weighted by atomic mass is 9.77. The summed E-state index contributed by atoms with van der Waals surface area (Å²) in [7, 11) is 0. The molecule has 3 rings (SSSR count). The molecule has 26 heavy (non-hydrogen) atoms. The van der Waals surface area contributed by atoms with Crippen LogP contribution in [-0.4, -0.2) is 24.0 Å². The molecule has 0 amide bonds. The highest BCUT2D eigenvalue weighted by atomic mass is 15.2. The summed E-state index contributed by atoms with van der Waals surface area (Å²) in [6.45, 7) is 12.1. The van der Waals surface area contributed by atoms with Crippen molar-refractivity contribution in [2.75, 3.05) is 13.1 Å². The summed E-state index contributed by atoms with van der Waals surface area (Å²) in [5.74, 6) is 2.71. The van der Waals surface area contributed by atoms with Crippen LogP contribution < -0.4 is 0 Å². The van der Waals surface area contributed by atoms with E-state index in [9.17, 15) is 0 Å². The molecule has 1 heteroatoms. The first kappa shape index (κ1) is 19.9. The van der Waals surface area contributed by atoms with Crippen LogP contribution in [0.25, 0.3) is 0 Å². The fourth-order valence-electron chi connectivity index (χ4n) is 5.55. The Morgan fingerprint density at radius 1 is 1.04 bits per heavy atom. The van der Waals surface area contributed by atoms with Crippen LogP contribution in [-0.2, 0) is 19.3 Å². The minimum absolute atomic E-state index is 0.854. The van der Waals surface area contributed by atoms with Gasteiger partial charge in [-0.3, -0.25) is 4.90 Å². The fourth-order valence-corrected chi connectivity index (χ4v) is 5.55. The average Bonchev–Trinajstić information content (AvgIpc) is 2.60. The first-order valence-corrected chi connectivity index (χ1v) is 11.4. The summed E-state index contributed by atoms with van der Waals surface area (Å²) in [6.07, 6.45) is 12.2. The van der Waals surface area contributed by atoms with Crippen molar-refractivity contribution in [3.05, 3.63) is 34.9 Å². The molecule has 1 nitrogen and oxygen atoms in total. The standard InChI is InChI=1S/C25H41N/c1-5-9-23-13-12-20(15-22(23)6-2)16-24-10-7-8-11-25(24)26-17-21(18-26)14-19(3)4/h12-13,15,19,21,24-25H,5-11,14,16-18H2,1-4H3. The third kappa shape index (κ3) is 4.91. The Hall–Kier alpha value is -0.820. The van der Waals surface area contributed by atoms with Crippen molar-refractivity contribution < 1.29 is 0 Å². The Bertz CT molecular complexity index is 555. The molecule has 0 N–H and O–H groups in total. The van der Waals surface area contributed by atoms with Crippen molar-refractivity contribution in [1.29, 1.82) is 0 Å². The zero-order valence-electron chi connectivity index (χ0n) is 17.8. The van der Waals surface area contributed by atoms with Crippen LogP contribution in [0.5, 0.6) is 0 Å². The highest BCUT2D eigenvalue weighted by molar-refractivity contribution is 5.32. The van der Waals surface area contributed by atoms with Gasteiger partial charge in [-0.25, -0.2) is 0 Å². The van der Waals surface area contributed by atoms with Gasteiger partial charge in [-0.05, 0) is 73.0 Å². The Morgan fingerprint density at radius 2 is 1.81 bits per heavy atom. The first-order chi connectivity index (χ1) is 12.6. The number of nitrogens with zero attached hydrogens (tertiary/aromatic N) is 1. The number of rotatable bonds is 8. The largest absolute Gasteiger partial charge is 0.299 e. The van der Waals surface area contributed by atoms with E-state index in [1.165, 1.54) is 70.9 Å². The molecule has 1 heterocycles. The van der Waals surface area contributed by atoms with Gasteiger partial charge < -0.3 is 0 Å². The zero-order chi connectivity index (χ0) is 18.5. The molecular weight excluding hydrogens is 314 g/mol. The maximum absolute atomic E-state index is 2.84. The van der Waals surface area contributed by atoms with Crippen LogP contribution in [0.2, 0.25) is 0 Å². The van der Waals surface area contributed by atoms with E-state index in [1.807, 2.05) is 0 Å². The third-order valence-electron chi connectivity index (χ3n) is 6.80. The van der Waals surface area contributed by atoms with Crippen LogP contribution in [0.1, 0.15) is 82.9 Å². The van der Waals surface area contributed by atoms with Crippen molar-refractivity contribution in [2.45, 2.75) is 91.5 Å². The van der Waals surface area contributed by atoms with E-state index < -0.39 is 0 Å². The number of aryl methyl sites for hydroxylation is 2. The topological polar surface area (TPSA) is 3.24 Å². The molecule has 1 aromatic rings. The van der Waals surface area contributed by atoms with E-state index in [4.69, 9.17) is 0 Å². The molecule has 0 spiro atoms. The van der Waals surface area contributed by atoms with Crippen molar-refractivity contribution in [3.8, 4) is 0 Å². The predicted molar refractivity (Wildman–Crippen MR) is 114 cm³/mol. The van der Waals surface area contributed by atoms with Gasteiger partial charge in [-0.2, -0.15) is 0 Å². The van der Waals surface area contributed by atoms with Crippen LogP contribution in [0, 0.1) is 17.8 Å². The van der Waals surface area contributed by atoms with Crippen LogP contribution in [0.4, 0.5) is 0 Å². The lowest BCUT2D eigenvalue weighted by Gasteiger charge is -2.49. The summed E-state index contributed by atoms with van der Waals surface area (Å²) in [5.41, 5.74) is 4.77. The molecule has 1 aliphatic carbocycles. The van der Waals surface area contributed by atoms with Gasteiger partial charge in [0.2, 0.25) is 0 Å². The molecule has 1 aliphatic heterocycles. The fraction of sp³-hybridized carbons (Fsp3) is 0.760. The van der Waals surface area contributed by atoms with Crippen molar-refractivity contribution in [2.24, 2.45) is 17.8 Å². The molecule has 0 bridgehead atoms. The summed E-state index contributed by atoms with van der Waals surface area (Å²) in [6, 6.07) is 8.26. The van der Waals surface area contributed by atoms with Gasteiger partial charge in [0.25, 0.3) is 0 Å². The molecule has 1 saturated carbocycles. The van der Waals surface area contributed by atoms with Gasteiger partial charge in [0.1, 0.15) is 0 Å². The zero-order valence-corrected chi connectivity index (χ0v) is 17.8. The van der Waals surface area contributed by atoms with Gasteiger partial charge in [-0.15, -0.1) is 0 Å². The number of benzene rings is 1. The molecule has 2 fully saturated rings. The summed E-state index contributed by atoms with van der Waals surface area (Å²) < 4.78 is 0. The Balaban J connectivity index is 1.62. The Morgan fingerprint density at radius 3 is 2.50 bits per heavy atom. The van der Waals surface area contributed by atoms with Gasteiger partial charge in [0.15, 0.2) is 0 Å². The normalized spacial score (nSPS) is 24.8. The molecule has 1 aromatic carbocycles. The lowest BCUT2D eigenvalue weighted by molar-refractivity contribution is -0.000724. The maximum Gasteiger partial charge on any atom is 0.0127 e. The number of hydrogen-bond donors (Lipinski definition) is 0. The molecule has 2 unspecified atom stereocenters. The lowest BCUT2D eigenvalue weighted by Crippen LogP contribution is -2.55. The third-order valence-corrected chi connectivity index (χ3v) is 6.80. The van der Waals surface area contributed by atoms with E-state index >= 15 is 0 Å².